The van der Waals surface area contributed by atoms with E-state index in [0.717, 1.165) is 34.8 Å². The molecule has 0 saturated heterocycles. The summed E-state index contributed by atoms with van der Waals surface area (Å²) in [6, 6.07) is 7.55. The van der Waals surface area contributed by atoms with Gasteiger partial charge in [0, 0.05) is 17.5 Å². The summed E-state index contributed by atoms with van der Waals surface area (Å²) in [4.78, 5) is 4.43. The van der Waals surface area contributed by atoms with Gasteiger partial charge in [-0.1, -0.05) is 10.3 Å². The molecule has 0 aliphatic carbocycles. The van der Waals surface area contributed by atoms with Gasteiger partial charge in [0.15, 0.2) is 0 Å². The average molecular weight is 299 g/mol. The zero-order valence-corrected chi connectivity index (χ0v) is 12.8. The average Bonchev–Trinajstić information content (AvgIpc) is 3.13. The van der Waals surface area contributed by atoms with Crippen LogP contribution >= 0.6 is 0 Å². The number of aromatic nitrogens is 3. The summed E-state index contributed by atoms with van der Waals surface area (Å²) in [5, 5.41) is 7.96. The van der Waals surface area contributed by atoms with Crippen molar-refractivity contribution in [2.24, 2.45) is 0 Å². The highest BCUT2D eigenvalue weighted by molar-refractivity contribution is 5.55. The number of methoxy groups -OCH3 is 1. The van der Waals surface area contributed by atoms with Crippen LogP contribution < -0.4 is 4.74 Å². The van der Waals surface area contributed by atoms with Crippen molar-refractivity contribution in [1.29, 1.82) is 0 Å². The lowest BCUT2D eigenvalue weighted by Crippen LogP contribution is -1.94. The lowest BCUT2D eigenvalue weighted by Gasteiger charge is -1.99. The normalized spacial score (nSPS) is 10.9. The molecule has 2 aromatic heterocycles. The van der Waals surface area contributed by atoms with E-state index < -0.39 is 0 Å². The van der Waals surface area contributed by atoms with Gasteiger partial charge in [-0.05, 0) is 44.5 Å². The molecule has 0 saturated carbocycles. The fraction of sp³-hybridized carbons (Fsp3) is 0.312. The van der Waals surface area contributed by atoms with E-state index in [0.29, 0.717) is 18.1 Å². The van der Waals surface area contributed by atoms with E-state index >= 15 is 0 Å². The molecule has 114 valence electrons. The summed E-state index contributed by atoms with van der Waals surface area (Å²) in [6.45, 7) is 3.84. The van der Waals surface area contributed by atoms with E-state index in [1.807, 2.05) is 38.1 Å². The lowest BCUT2D eigenvalue weighted by molar-refractivity contribution is 0.377. The quantitative estimate of drug-likeness (QED) is 0.720. The van der Waals surface area contributed by atoms with Crippen molar-refractivity contribution in [2.45, 2.75) is 26.7 Å². The highest BCUT2D eigenvalue weighted by Gasteiger charge is 2.13. The molecule has 6 heteroatoms. The number of benzene rings is 1. The zero-order valence-electron chi connectivity index (χ0n) is 12.8. The third kappa shape index (κ3) is 2.86. The fourth-order valence-corrected chi connectivity index (χ4v) is 2.30. The first-order valence-electron chi connectivity index (χ1n) is 7.06. The fourth-order valence-electron chi connectivity index (χ4n) is 2.30. The molecule has 0 N–H and O–H groups in total. The maximum atomic E-state index is 5.31. The van der Waals surface area contributed by atoms with Gasteiger partial charge in [0.25, 0.3) is 0 Å². The second-order valence-corrected chi connectivity index (χ2v) is 5.04. The standard InChI is InChI=1S/C16H17N3O3/c1-10-14(11(2)21-18-10)8-9-15-17-16(19-22-15)12-4-6-13(20-3)7-5-12/h4-7H,8-9H2,1-3H3. The zero-order chi connectivity index (χ0) is 15.5. The number of hydrogen-bond donors (Lipinski definition) is 0. The Balaban J connectivity index is 1.70. The number of aryl methyl sites for hydroxylation is 3. The molecule has 6 nitrogen and oxygen atoms in total. The Hall–Kier alpha value is -2.63. The number of hydrogen-bond acceptors (Lipinski definition) is 6. The monoisotopic (exact) mass is 299 g/mol. The molecule has 0 bridgehead atoms. The minimum absolute atomic E-state index is 0.580. The first-order chi connectivity index (χ1) is 10.7. The number of nitrogens with zero attached hydrogens (tertiary/aromatic N) is 3. The molecule has 2 heterocycles. The minimum atomic E-state index is 0.580. The third-order valence-corrected chi connectivity index (χ3v) is 3.59. The summed E-state index contributed by atoms with van der Waals surface area (Å²) in [5.74, 6) is 2.82. The van der Waals surface area contributed by atoms with E-state index in [-0.39, 0.29) is 0 Å². The van der Waals surface area contributed by atoms with Crippen LogP contribution in [0.15, 0.2) is 33.3 Å². The van der Waals surface area contributed by atoms with Crippen LogP contribution in [0.5, 0.6) is 5.75 Å². The Labute approximate surface area is 128 Å². The van der Waals surface area contributed by atoms with Crippen LogP contribution in [0.2, 0.25) is 0 Å². The maximum Gasteiger partial charge on any atom is 0.227 e. The van der Waals surface area contributed by atoms with Crippen LogP contribution in [0.1, 0.15) is 22.9 Å². The van der Waals surface area contributed by atoms with E-state index in [9.17, 15) is 0 Å². The SMILES string of the molecule is COc1ccc(-c2noc(CCc3c(C)noc3C)n2)cc1. The Kier molecular flexibility index (Phi) is 3.91. The molecule has 0 amide bonds. The molecule has 22 heavy (non-hydrogen) atoms. The predicted molar refractivity (Wildman–Crippen MR) is 79.7 cm³/mol. The lowest BCUT2D eigenvalue weighted by atomic mass is 10.1. The molecule has 0 fully saturated rings. The molecule has 0 atom stereocenters. The molecule has 0 radical (unpaired) electrons. The summed E-state index contributed by atoms with van der Waals surface area (Å²) in [6.07, 6.45) is 1.43. The molecule has 3 rings (SSSR count). The summed E-state index contributed by atoms with van der Waals surface area (Å²) >= 11 is 0. The predicted octanol–water partition coefficient (Wildman–Crippen LogP) is 3.14. The van der Waals surface area contributed by atoms with Gasteiger partial charge < -0.3 is 13.8 Å². The summed E-state index contributed by atoms with van der Waals surface area (Å²) in [7, 11) is 1.64. The molecule has 3 aromatic rings. The minimum Gasteiger partial charge on any atom is -0.497 e. The van der Waals surface area contributed by atoms with Crippen molar-refractivity contribution in [2.75, 3.05) is 7.11 Å². The van der Waals surface area contributed by atoms with Crippen molar-refractivity contribution in [3.8, 4) is 17.1 Å². The van der Waals surface area contributed by atoms with Crippen LogP contribution in [0, 0.1) is 13.8 Å². The van der Waals surface area contributed by atoms with Gasteiger partial charge in [-0.3, -0.25) is 0 Å². The van der Waals surface area contributed by atoms with E-state index in [1.165, 1.54) is 0 Å². The van der Waals surface area contributed by atoms with Gasteiger partial charge in [0.1, 0.15) is 11.5 Å². The van der Waals surface area contributed by atoms with Gasteiger partial charge in [0.05, 0.1) is 12.8 Å². The smallest absolute Gasteiger partial charge is 0.227 e. The summed E-state index contributed by atoms with van der Waals surface area (Å²) < 4.78 is 15.6. The van der Waals surface area contributed by atoms with Crippen molar-refractivity contribution in [3.05, 3.63) is 47.2 Å². The van der Waals surface area contributed by atoms with Gasteiger partial charge in [-0.25, -0.2) is 0 Å². The van der Waals surface area contributed by atoms with Gasteiger partial charge in [-0.15, -0.1) is 0 Å². The number of rotatable bonds is 5. The highest BCUT2D eigenvalue weighted by atomic mass is 16.5. The largest absolute Gasteiger partial charge is 0.497 e. The number of ether oxygens (including phenoxy) is 1. The first-order valence-corrected chi connectivity index (χ1v) is 7.06. The molecular weight excluding hydrogens is 282 g/mol. The Bertz CT molecular complexity index is 740. The van der Waals surface area contributed by atoms with Crippen LogP contribution in [0.25, 0.3) is 11.4 Å². The van der Waals surface area contributed by atoms with E-state index in [4.69, 9.17) is 13.8 Å². The first kappa shape index (κ1) is 14.3. The molecule has 0 aliphatic rings. The Morgan fingerprint density at radius 1 is 1.00 bits per heavy atom. The molecular formula is C16H17N3O3. The van der Waals surface area contributed by atoms with Gasteiger partial charge in [0.2, 0.25) is 11.7 Å². The van der Waals surface area contributed by atoms with Gasteiger partial charge >= 0.3 is 0 Å². The van der Waals surface area contributed by atoms with Crippen LogP contribution in [-0.2, 0) is 12.8 Å². The molecule has 0 aliphatic heterocycles. The second-order valence-electron chi connectivity index (χ2n) is 5.04. The Morgan fingerprint density at radius 3 is 2.41 bits per heavy atom. The van der Waals surface area contributed by atoms with E-state index in [1.54, 1.807) is 7.11 Å². The topological polar surface area (TPSA) is 74.2 Å². The Morgan fingerprint density at radius 2 is 1.77 bits per heavy atom. The van der Waals surface area contributed by atoms with Crippen molar-refractivity contribution in [1.82, 2.24) is 15.3 Å². The highest BCUT2D eigenvalue weighted by Crippen LogP contribution is 2.20. The van der Waals surface area contributed by atoms with Crippen LogP contribution in [0.3, 0.4) is 0 Å². The second kappa shape index (κ2) is 6.01. The van der Waals surface area contributed by atoms with Crippen molar-refractivity contribution >= 4 is 0 Å². The van der Waals surface area contributed by atoms with Crippen LogP contribution in [-0.4, -0.2) is 22.4 Å². The molecule has 0 spiro atoms. The van der Waals surface area contributed by atoms with Crippen molar-refractivity contribution < 1.29 is 13.8 Å². The maximum absolute atomic E-state index is 5.31. The molecule has 0 unspecified atom stereocenters. The molecule has 1 aromatic carbocycles. The van der Waals surface area contributed by atoms with Crippen molar-refractivity contribution in [3.63, 3.8) is 0 Å². The van der Waals surface area contributed by atoms with E-state index in [2.05, 4.69) is 15.3 Å². The third-order valence-electron chi connectivity index (χ3n) is 3.59. The summed E-state index contributed by atoms with van der Waals surface area (Å²) in [5.41, 5.74) is 2.91. The van der Waals surface area contributed by atoms with Gasteiger partial charge in [-0.2, -0.15) is 4.98 Å². The van der Waals surface area contributed by atoms with Crippen LogP contribution in [0.4, 0.5) is 0 Å².